The van der Waals surface area contributed by atoms with Gasteiger partial charge in [0.15, 0.2) is 6.29 Å². The van der Waals surface area contributed by atoms with Gasteiger partial charge in [0.1, 0.15) is 5.75 Å². The maximum Gasteiger partial charge on any atom is 0.184 e. The van der Waals surface area contributed by atoms with E-state index in [0.717, 1.165) is 17.7 Å². The second-order valence-corrected chi connectivity index (χ2v) is 7.46. The Balaban J connectivity index is 1.73. The molecule has 1 heterocycles. The average molecular weight is 397 g/mol. The van der Waals surface area contributed by atoms with E-state index in [1.807, 2.05) is 49.4 Å². The van der Waals surface area contributed by atoms with E-state index in [4.69, 9.17) is 14.2 Å². The fourth-order valence-corrected chi connectivity index (χ4v) is 3.71. The standard InChI is InChI=1S/C25H29FO3/c1-18(8-7-11-20-9-5-4-6-10-20)24-19(2)23(16-17-26)28-25(29-24)21-12-14-22(27-3)15-13-21/h4-10,12-19,23-25H,11H2,1-3H3/t18?,19-,23+,24+,25?/m1/s1. The zero-order valence-corrected chi connectivity index (χ0v) is 17.2. The predicted molar refractivity (Wildman–Crippen MR) is 113 cm³/mol. The van der Waals surface area contributed by atoms with Gasteiger partial charge in [-0.15, -0.1) is 0 Å². The van der Waals surface area contributed by atoms with Gasteiger partial charge < -0.3 is 14.2 Å². The van der Waals surface area contributed by atoms with Crippen molar-refractivity contribution in [2.75, 3.05) is 7.11 Å². The van der Waals surface area contributed by atoms with Gasteiger partial charge in [-0.05, 0) is 30.2 Å². The highest BCUT2D eigenvalue weighted by Crippen LogP contribution is 2.37. The average Bonchev–Trinajstić information content (AvgIpc) is 2.76. The summed E-state index contributed by atoms with van der Waals surface area (Å²) in [6.07, 6.45) is 6.27. The fourth-order valence-electron chi connectivity index (χ4n) is 3.71. The van der Waals surface area contributed by atoms with Crippen LogP contribution in [-0.2, 0) is 15.9 Å². The van der Waals surface area contributed by atoms with Crippen LogP contribution >= 0.6 is 0 Å². The molecule has 0 aromatic heterocycles. The van der Waals surface area contributed by atoms with Gasteiger partial charge in [0.25, 0.3) is 0 Å². The molecule has 3 rings (SSSR count). The summed E-state index contributed by atoms with van der Waals surface area (Å²) in [6.45, 7) is 4.18. The number of methoxy groups -OCH3 is 1. The molecule has 29 heavy (non-hydrogen) atoms. The number of rotatable bonds is 7. The summed E-state index contributed by atoms with van der Waals surface area (Å²) in [5.41, 5.74) is 2.16. The van der Waals surface area contributed by atoms with E-state index in [2.05, 4.69) is 31.2 Å². The van der Waals surface area contributed by atoms with E-state index in [0.29, 0.717) is 6.33 Å². The van der Waals surface area contributed by atoms with Gasteiger partial charge in [-0.25, -0.2) is 4.39 Å². The zero-order valence-electron chi connectivity index (χ0n) is 17.2. The van der Waals surface area contributed by atoms with E-state index in [-0.39, 0.29) is 24.0 Å². The Bertz CT molecular complexity index is 801. The number of benzene rings is 2. The second-order valence-electron chi connectivity index (χ2n) is 7.46. The highest BCUT2D eigenvalue weighted by atomic mass is 19.1. The van der Waals surface area contributed by atoms with Gasteiger partial charge >= 0.3 is 0 Å². The molecule has 1 fully saturated rings. The Kier molecular flexibility index (Phi) is 7.62. The topological polar surface area (TPSA) is 27.7 Å². The van der Waals surface area contributed by atoms with Crippen LogP contribution in [0.4, 0.5) is 4.39 Å². The van der Waals surface area contributed by atoms with Crippen LogP contribution in [0.5, 0.6) is 5.75 Å². The van der Waals surface area contributed by atoms with Gasteiger partial charge in [-0.1, -0.05) is 68.5 Å². The lowest BCUT2D eigenvalue weighted by atomic mass is 9.87. The summed E-state index contributed by atoms with van der Waals surface area (Å²) in [5, 5.41) is 0. The molecule has 1 aliphatic rings. The summed E-state index contributed by atoms with van der Waals surface area (Å²) in [7, 11) is 1.63. The highest BCUT2D eigenvalue weighted by molar-refractivity contribution is 5.28. The fraction of sp³-hybridized carbons (Fsp3) is 0.360. The zero-order chi connectivity index (χ0) is 20.6. The van der Waals surface area contributed by atoms with Crippen molar-refractivity contribution in [2.45, 2.75) is 38.8 Å². The quantitative estimate of drug-likeness (QED) is 0.535. The van der Waals surface area contributed by atoms with Gasteiger partial charge in [0.2, 0.25) is 0 Å². The van der Waals surface area contributed by atoms with Crippen molar-refractivity contribution in [3.05, 3.63) is 90.3 Å². The van der Waals surface area contributed by atoms with Crippen LogP contribution in [0.1, 0.15) is 31.3 Å². The molecule has 2 aromatic carbocycles. The van der Waals surface area contributed by atoms with Crippen LogP contribution in [0.25, 0.3) is 0 Å². The van der Waals surface area contributed by atoms with E-state index >= 15 is 0 Å². The second kappa shape index (κ2) is 10.4. The highest BCUT2D eigenvalue weighted by Gasteiger charge is 2.38. The van der Waals surface area contributed by atoms with E-state index in [9.17, 15) is 4.39 Å². The van der Waals surface area contributed by atoms with Crippen LogP contribution in [0.2, 0.25) is 0 Å². The Morgan fingerprint density at radius 1 is 1.07 bits per heavy atom. The van der Waals surface area contributed by atoms with E-state index < -0.39 is 6.29 Å². The van der Waals surface area contributed by atoms with E-state index in [1.165, 1.54) is 11.6 Å². The molecular formula is C25H29FO3. The van der Waals surface area contributed by atoms with Crippen molar-refractivity contribution in [1.29, 1.82) is 0 Å². The first-order chi connectivity index (χ1) is 14.1. The molecule has 2 aromatic rings. The normalized spacial score (nSPS) is 26.1. The van der Waals surface area contributed by atoms with Gasteiger partial charge in [-0.2, -0.15) is 0 Å². The van der Waals surface area contributed by atoms with Crippen LogP contribution in [-0.4, -0.2) is 19.3 Å². The van der Waals surface area contributed by atoms with Crippen LogP contribution in [0.15, 0.2) is 79.2 Å². The molecule has 1 saturated heterocycles. The Hall–Kier alpha value is -2.43. The lowest BCUT2D eigenvalue weighted by Gasteiger charge is -2.41. The molecule has 154 valence electrons. The molecule has 0 spiro atoms. The largest absolute Gasteiger partial charge is 0.497 e. The van der Waals surface area contributed by atoms with Gasteiger partial charge in [0.05, 0.1) is 25.6 Å². The molecule has 2 unspecified atom stereocenters. The van der Waals surface area contributed by atoms with Crippen molar-refractivity contribution in [2.24, 2.45) is 11.8 Å². The molecule has 0 bridgehead atoms. The third-order valence-electron chi connectivity index (χ3n) is 5.40. The number of halogens is 1. The predicted octanol–water partition coefficient (Wildman–Crippen LogP) is 6.03. The van der Waals surface area contributed by atoms with Crippen molar-refractivity contribution in [1.82, 2.24) is 0 Å². The molecule has 4 heteroatoms. The minimum Gasteiger partial charge on any atom is -0.497 e. The molecule has 0 aliphatic carbocycles. The van der Waals surface area contributed by atoms with Crippen molar-refractivity contribution in [3.63, 3.8) is 0 Å². The lowest BCUT2D eigenvalue weighted by molar-refractivity contribution is -0.266. The number of hydrogen-bond donors (Lipinski definition) is 0. The number of allylic oxidation sites excluding steroid dienone is 1. The molecule has 1 aliphatic heterocycles. The van der Waals surface area contributed by atoms with Crippen molar-refractivity contribution in [3.8, 4) is 5.75 Å². The maximum atomic E-state index is 13.0. The number of ether oxygens (including phenoxy) is 3. The minimum absolute atomic E-state index is 0.0212. The van der Waals surface area contributed by atoms with Crippen LogP contribution < -0.4 is 4.74 Å². The van der Waals surface area contributed by atoms with Crippen molar-refractivity contribution >= 4 is 0 Å². The van der Waals surface area contributed by atoms with Gasteiger partial charge in [0, 0.05) is 17.4 Å². The molecular weight excluding hydrogens is 367 g/mol. The summed E-state index contributed by atoms with van der Waals surface area (Å²) in [4.78, 5) is 0. The molecule has 3 nitrogen and oxygen atoms in total. The van der Waals surface area contributed by atoms with Gasteiger partial charge in [-0.3, -0.25) is 0 Å². The van der Waals surface area contributed by atoms with E-state index in [1.54, 1.807) is 7.11 Å². The molecule has 0 N–H and O–H groups in total. The SMILES string of the molecule is COc1ccc(C2O[C@@H](C=CF)[C@@H](C)[C@H](C(C)C=CCc3ccccc3)O2)cc1. The smallest absolute Gasteiger partial charge is 0.184 e. The Labute approximate surface area is 172 Å². The Morgan fingerprint density at radius 3 is 2.45 bits per heavy atom. The monoisotopic (exact) mass is 396 g/mol. The number of hydrogen-bond acceptors (Lipinski definition) is 3. The first-order valence-electron chi connectivity index (χ1n) is 10.0. The van der Waals surface area contributed by atoms with Crippen molar-refractivity contribution < 1.29 is 18.6 Å². The van der Waals surface area contributed by atoms with Crippen LogP contribution in [0, 0.1) is 11.8 Å². The molecule has 0 saturated carbocycles. The summed E-state index contributed by atoms with van der Waals surface area (Å²) in [5.74, 6) is 0.952. The van der Waals surface area contributed by atoms with Crippen LogP contribution in [0.3, 0.4) is 0 Å². The maximum absolute atomic E-state index is 13.0. The lowest BCUT2D eigenvalue weighted by Crippen LogP contribution is -2.43. The first-order valence-corrected chi connectivity index (χ1v) is 10.0. The summed E-state index contributed by atoms with van der Waals surface area (Å²) >= 11 is 0. The Morgan fingerprint density at radius 2 is 1.79 bits per heavy atom. The molecule has 0 radical (unpaired) electrons. The first kappa shape index (κ1) is 21.3. The minimum atomic E-state index is -0.548. The molecule has 5 atom stereocenters. The third-order valence-corrected chi connectivity index (χ3v) is 5.40. The summed E-state index contributed by atoms with van der Waals surface area (Å²) < 4.78 is 30.6. The third kappa shape index (κ3) is 5.55. The molecule has 0 amide bonds. The summed E-state index contributed by atoms with van der Waals surface area (Å²) in [6, 6.07) is 17.9.